The Morgan fingerprint density at radius 3 is 2.12 bits per heavy atom. The van der Waals surface area contributed by atoms with Crippen molar-refractivity contribution in [3.8, 4) is 5.75 Å². The third kappa shape index (κ3) is 9.56. The van der Waals surface area contributed by atoms with E-state index in [-0.39, 0.29) is 11.1 Å². The van der Waals surface area contributed by atoms with Crippen LogP contribution in [0.3, 0.4) is 0 Å². The van der Waals surface area contributed by atoms with Crippen molar-refractivity contribution in [3.05, 3.63) is 88.3 Å². The fourth-order valence-corrected chi connectivity index (χ4v) is 4.82. The Balaban J connectivity index is 0.000000432. The number of allylic oxidation sites excluding steroid dienone is 2. The molecule has 7 heteroatoms. The number of dihydropyridines is 1. The quantitative estimate of drug-likeness (QED) is 0.185. The van der Waals surface area contributed by atoms with E-state index in [2.05, 4.69) is 19.2 Å². The van der Waals surface area contributed by atoms with Crippen LogP contribution in [-0.2, 0) is 20.9 Å². The van der Waals surface area contributed by atoms with E-state index in [0.29, 0.717) is 35.4 Å². The molecule has 1 aliphatic heterocycles. The van der Waals surface area contributed by atoms with Gasteiger partial charge in [0.05, 0.1) is 24.2 Å². The smallest absolute Gasteiger partial charge is 0.336 e. The second-order valence-electron chi connectivity index (χ2n) is 10.1. The van der Waals surface area contributed by atoms with Crippen LogP contribution in [0.15, 0.2) is 77.1 Å². The van der Waals surface area contributed by atoms with Gasteiger partial charge in [-0.3, -0.25) is 0 Å². The van der Waals surface area contributed by atoms with Gasteiger partial charge in [-0.1, -0.05) is 94.5 Å². The van der Waals surface area contributed by atoms with E-state index in [1.165, 1.54) is 52.1 Å². The zero-order chi connectivity index (χ0) is 29.5. The highest BCUT2D eigenvalue weighted by Crippen LogP contribution is 2.42. The maximum atomic E-state index is 12.6. The number of esters is 1. The van der Waals surface area contributed by atoms with Crippen molar-refractivity contribution in [1.29, 1.82) is 0 Å². The van der Waals surface area contributed by atoms with E-state index in [9.17, 15) is 14.7 Å². The molecule has 0 fully saturated rings. The summed E-state index contributed by atoms with van der Waals surface area (Å²) >= 11 is 0. The van der Waals surface area contributed by atoms with Gasteiger partial charge in [0.1, 0.15) is 12.4 Å². The summed E-state index contributed by atoms with van der Waals surface area (Å²) in [5, 5.41) is 12.9. The number of methoxy groups -OCH3 is 1. The van der Waals surface area contributed by atoms with Gasteiger partial charge < -0.3 is 25.6 Å². The summed E-state index contributed by atoms with van der Waals surface area (Å²) in [5.41, 5.74) is 8.86. The number of carboxylic acids is 1. The van der Waals surface area contributed by atoms with Crippen LogP contribution in [0.25, 0.3) is 0 Å². The van der Waals surface area contributed by atoms with Gasteiger partial charge in [0.25, 0.3) is 0 Å². The standard InChI is InChI=1S/C23H23NO5.C10H23N/c1-14-19(22(25)26)21(20(15(2)24-14)23(27)28-3)17-11-7-8-12-18(17)29-13-16-9-5-4-6-10-16;1-3-5-7-9-10(11)8-6-4-2/h4-12,21,24H,13H2,1-3H3,(H,25,26);10H,3-9,11H2,1-2H3. The van der Waals surface area contributed by atoms with E-state index in [4.69, 9.17) is 15.2 Å². The Morgan fingerprint density at radius 2 is 1.50 bits per heavy atom. The lowest BCUT2D eigenvalue weighted by Gasteiger charge is -2.30. The van der Waals surface area contributed by atoms with Crippen molar-refractivity contribution >= 4 is 11.9 Å². The van der Waals surface area contributed by atoms with Crippen molar-refractivity contribution in [2.24, 2.45) is 5.73 Å². The van der Waals surface area contributed by atoms with Crippen molar-refractivity contribution in [2.45, 2.75) is 91.2 Å². The SMILES string of the molecule is CCCCCC(N)CCCC.COC(=O)C1=C(C)NC(C)=C(C(=O)O)C1c1ccccc1OCc1ccccc1. The summed E-state index contributed by atoms with van der Waals surface area (Å²) in [4.78, 5) is 24.6. The molecule has 2 unspecified atom stereocenters. The monoisotopic (exact) mass is 550 g/mol. The highest BCUT2D eigenvalue weighted by Gasteiger charge is 2.38. The summed E-state index contributed by atoms with van der Waals surface area (Å²) in [6, 6.07) is 17.3. The lowest BCUT2D eigenvalue weighted by Crippen LogP contribution is -2.31. The van der Waals surface area contributed by atoms with Crippen LogP contribution in [0.1, 0.15) is 89.7 Å². The van der Waals surface area contributed by atoms with Gasteiger partial charge in [-0.2, -0.15) is 0 Å². The summed E-state index contributed by atoms with van der Waals surface area (Å²) in [6.45, 7) is 8.19. The molecule has 0 aromatic heterocycles. The maximum absolute atomic E-state index is 12.6. The van der Waals surface area contributed by atoms with Crippen LogP contribution in [0.4, 0.5) is 0 Å². The second-order valence-corrected chi connectivity index (χ2v) is 10.1. The lowest BCUT2D eigenvalue weighted by molar-refractivity contribution is -0.136. The molecule has 0 bridgehead atoms. The minimum absolute atomic E-state index is 0.0896. The number of benzene rings is 2. The molecule has 4 N–H and O–H groups in total. The number of nitrogens with one attached hydrogen (secondary N) is 1. The number of hydrogen-bond acceptors (Lipinski definition) is 6. The number of unbranched alkanes of at least 4 members (excludes halogenated alkanes) is 3. The topological polar surface area (TPSA) is 111 Å². The number of rotatable bonds is 13. The summed E-state index contributed by atoms with van der Waals surface area (Å²) < 4.78 is 11.0. The van der Waals surface area contributed by atoms with Crippen LogP contribution in [0.2, 0.25) is 0 Å². The van der Waals surface area contributed by atoms with E-state index < -0.39 is 17.9 Å². The molecular weight excluding hydrogens is 504 g/mol. The molecule has 0 radical (unpaired) electrons. The molecule has 2 atom stereocenters. The van der Waals surface area contributed by atoms with Gasteiger partial charge in [-0.15, -0.1) is 0 Å². The minimum atomic E-state index is -1.10. The number of carbonyl (C=O) groups excluding carboxylic acids is 1. The molecule has 0 saturated carbocycles. The number of hydrogen-bond donors (Lipinski definition) is 3. The number of carbonyl (C=O) groups is 2. The molecule has 0 saturated heterocycles. The van der Waals surface area contributed by atoms with Crippen molar-refractivity contribution in [3.63, 3.8) is 0 Å². The van der Waals surface area contributed by atoms with E-state index in [0.717, 1.165) is 5.56 Å². The van der Waals surface area contributed by atoms with Crippen LogP contribution < -0.4 is 15.8 Å². The number of ether oxygens (including phenoxy) is 2. The molecule has 7 nitrogen and oxygen atoms in total. The molecule has 3 rings (SSSR count). The first-order valence-corrected chi connectivity index (χ1v) is 14.3. The molecule has 1 aliphatic rings. The predicted octanol–water partition coefficient (Wildman–Crippen LogP) is 6.84. The van der Waals surface area contributed by atoms with Crippen LogP contribution in [-0.4, -0.2) is 30.2 Å². The average Bonchev–Trinajstić information content (AvgIpc) is 2.95. The maximum Gasteiger partial charge on any atom is 0.336 e. The second kappa shape index (κ2) is 17.2. The summed E-state index contributed by atoms with van der Waals surface area (Å²) in [7, 11) is 1.28. The lowest BCUT2D eigenvalue weighted by atomic mass is 9.80. The highest BCUT2D eigenvalue weighted by atomic mass is 16.5. The fraction of sp³-hybridized carbons (Fsp3) is 0.455. The van der Waals surface area contributed by atoms with E-state index in [1.807, 2.05) is 36.4 Å². The number of carboxylic acid groups (broad SMARTS) is 1. The molecule has 2 aromatic carbocycles. The van der Waals surface area contributed by atoms with Gasteiger partial charge in [-0.05, 0) is 38.3 Å². The first-order valence-electron chi connectivity index (χ1n) is 14.3. The molecule has 40 heavy (non-hydrogen) atoms. The number of para-hydroxylation sites is 1. The normalized spacial score (nSPS) is 15.5. The third-order valence-electron chi connectivity index (χ3n) is 6.97. The highest BCUT2D eigenvalue weighted by molar-refractivity contribution is 5.99. The fourth-order valence-electron chi connectivity index (χ4n) is 4.82. The zero-order valence-corrected chi connectivity index (χ0v) is 24.7. The Kier molecular flexibility index (Phi) is 14.0. The summed E-state index contributed by atoms with van der Waals surface area (Å²) in [6.07, 6.45) is 9.00. The van der Waals surface area contributed by atoms with Gasteiger partial charge >= 0.3 is 11.9 Å². The number of aliphatic carboxylic acids is 1. The molecule has 1 heterocycles. The zero-order valence-electron chi connectivity index (χ0n) is 24.7. The Labute approximate surface area is 239 Å². The average molecular weight is 551 g/mol. The summed E-state index contributed by atoms with van der Waals surface area (Å²) in [5.74, 6) is -1.98. The molecule has 0 spiro atoms. The van der Waals surface area contributed by atoms with Gasteiger partial charge in [0.15, 0.2) is 0 Å². The van der Waals surface area contributed by atoms with Crippen molar-refractivity contribution in [1.82, 2.24) is 5.32 Å². The van der Waals surface area contributed by atoms with Crippen LogP contribution >= 0.6 is 0 Å². The molecular formula is C33H46N2O5. The largest absolute Gasteiger partial charge is 0.489 e. The van der Waals surface area contributed by atoms with Crippen LogP contribution in [0, 0.1) is 0 Å². The van der Waals surface area contributed by atoms with Gasteiger partial charge in [0, 0.05) is 23.0 Å². The molecule has 2 aromatic rings. The molecule has 218 valence electrons. The minimum Gasteiger partial charge on any atom is -0.489 e. The van der Waals surface area contributed by atoms with Gasteiger partial charge in [0.2, 0.25) is 0 Å². The third-order valence-corrected chi connectivity index (χ3v) is 6.97. The van der Waals surface area contributed by atoms with E-state index >= 15 is 0 Å². The van der Waals surface area contributed by atoms with Crippen molar-refractivity contribution in [2.75, 3.05) is 7.11 Å². The first kappa shape index (κ1) is 32.6. The van der Waals surface area contributed by atoms with Crippen LogP contribution in [0.5, 0.6) is 5.75 Å². The first-order chi connectivity index (χ1) is 19.2. The number of nitrogens with two attached hydrogens (primary N) is 1. The predicted molar refractivity (Wildman–Crippen MR) is 160 cm³/mol. The molecule has 0 amide bonds. The Hall–Kier alpha value is -3.58. The van der Waals surface area contributed by atoms with E-state index in [1.54, 1.807) is 32.0 Å². The molecule has 0 aliphatic carbocycles. The Bertz CT molecular complexity index is 1160. The van der Waals surface area contributed by atoms with Crippen molar-refractivity contribution < 1.29 is 24.2 Å². The van der Waals surface area contributed by atoms with Gasteiger partial charge in [-0.25, -0.2) is 9.59 Å². The Morgan fingerprint density at radius 1 is 0.900 bits per heavy atom.